The monoisotopic (exact) mass is 590 g/mol. The summed E-state index contributed by atoms with van der Waals surface area (Å²) in [5.41, 5.74) is 5.04. The molecule has 1 aromatic heterocycles. The van der Waals surface area contributed by atoms with Crippen molar-refractivity contribution in [1.29, 1.82) is 0 Å². The van der Waals surface area contributed by atoms with Crippen molar-refractivity contribution in [3.05, 3.63) is 94.0 Å². The van der Waals surface area contributed by atoms with Gasteiger partial charge in [-0.15, -0.1) is 0 Å². The molecule has 12 heteroatoms. The van der Waals surface area contributed by atoms with Gasteiger partial charge in [0.2, 0.25) is 12.7 Å². The highest BCUT2D eigenvalue weighted by Gasteiger charge is 2.34. The lowest BCUT2D eigenvalue weighted by Gasteiger charge is -2.15. The summed E-state index contributed by atoms with van der Waals surface area (Å²) in [4.78, 5) is 39.1. The van der Waals surface area contributed by atoms with E-state index < -0.39 is 11.8 Å². The Hall–Kier alpha value is -4.32. The Bertz CT molecular complexity index is 1730. The molecule has 200 valence electrons. The molecule has 0 saturated carbocycles. The number of rotatable bonds is 6. The number of carbonyl (C=O) groups excluding carboxylic acids is 3. The number of thioether (sulfide) groups is 1. The Morgan fingerprint density at radius 3 is 2.65 bits per heavy atom. The van der Waals surface area contributed by atoms with Crippen molar-refractivity contribution >= 4 is 80.3 Å². The van der Waals surface area contributed by atoms with Crippen LogP contribution in [0.2, 0.25) is 5.02 Å². The molecule has 2 aliphatic heterocycles. The van der Waals surface area contributed by atoms with Crippen molar-refractivity contribution in [1.82, 2.24) is 15.0 Å². The fourth-order valence-electron chi connectivity index (χ4n) is 4.32. The molecule has 0 unspecified atom stereocenters. The van der Waals surface area contributed by atoms with Crippen molar-refractivity contribution in [2.75, 3.05) is 12.1 Å². The van der Waals surface area contributed by atoms with Crippen molar-refractivity contribution in [2.45, 2.75) is 6.54 Å². The van der Waals surface area contributed by atoms with E-state index in [0.29, 0.717) is 32.7 Å². The molecule has 9 nitrogen and oxygen atoms in total. The molecule has 0 atom stereocenters. The zero-order chi connectivity index (χ0) is 27.8. The second-order valence-electron chi connectivity index (χ2n) is 8.81. The Kier molecular flexibility index (Phi) is 6.93. The molecule has 4 aromatic rings. The number of nitrogens with zero attached hydrogens (tertiary/aromatic N) is 2. The van der Waals surface area contributed by atoms with Crippen LogP contribution in [0.4, 0.5) is 5.69 Å². The van der Waals surface area contributed by atoms with E-state index in [4.69, 9.17) is 33.3 Å². The van der Waals surface area contributed by atoms with Gasteiger partial charge in [0, 0.05) is 45.0 Å². The summed E-state index contributed by atoms with van der Waals surface area (Å²) < 4.78 is 12.7. The predicted molar refractivity (Wildman–Crippen MR) is 157 cm³/mol. The number of halogens is 1. The fourth-order valence-corrected chi connectivity index (χ4v) is 5.62. The van der Waals surface area contributed by atoms with Crippen LogP contribution in [0.15, 0.2) is 77.8 Å². The van der Waals surface area contributed by atoms with E-state index in [1.165, 1.54) is 0 Å². The molecule has 6 rings (SSSR count). The molecule has 2 aliphatic rings. The van der Waals surface area contributed by atoms with E-state index in [0.717, 1.165) is 33.2 Å². The second-order valence-corrected chi connectivity index (χ2v) is 10.9. The molecule has 40 heavy (non-hydrogen) atoms. The molecule has 0 aliphatic carbocycles. The molecule has 1 saturated heterocycles. The minimum absolute atomic E-state index is 0.0426. The summed E-state index contributed by atoms with van der Waals surface area (Å²) in [7, 11) is 0. The van der Waals surface area contributed by atoms with Crippen molar-refractivity contribution in [2.24, 2.45) is 0 Å². The van der Waals surface area contributed by atoms with Crippen LogP contribution < -0.4 is 20.2 Å². The number of hydrazine groups is 1. The number of hydrogen-bond donors (Lipinski definition) is 2. The normalized spacial score (nSPS) is 15.2. The number of thiocarbonyl (C=S) groups is 1. The van der Waals surface area contributed by atoms with Gasteiger partial charge in [0.15, 0.2) is 15.8 Å². The minimum Gasteiger partial charge on any atom is -0.454 e. The van der Waals surface area contributed by atoms with Crippen LogP contribution >= 0.6 is 35.6 Å². The molecule has 0 radical (unpaired) electrons. The Morgan fingerprint density at radius 2 is 1.82 bits per heavy atom. The number of para-hydroxylation sites is 1. The number of anilines is 1. The summed E-state index contributed by atoms with van der Waals surface area (Å²) >= 11 is 12.3. The van der Waals surface area contributed by atoms with Gasteiger partial charge in [0.1, 0.15) is 6.54 Å². The zero-order valence-electron chi connectivity index (χ0n) is 20.5. The molecular formula is C28H19ClN4O5S2. The maximum Gasteiger partial charge on any atom is 0.285 e. The number of amides is 3. The van der Waals surface area contributed by atoms with Gasteiger partial charge >= 0.3 is 0 Å². The van der Waals surface area contributed by atoms with E-state index in [2.05, 4.69) is 10.7 Å². The third-order valence-electron chi connectivity index (χ3n) is 6.19. The third kappa shape index (κ3) is 5.14. The number of nitrogens with one attached hydrogen (secondary N) is 2. The first-order valence-electron chi connectivity index (χ1n) is 12.0. The summed E-state index contributed by atoms with van der Waals surface area (Å²) in [5, 5.41) is 5.29. The molecule has 3 heterocycles. The van der Waals surface area contributed by atoms with Crippen molar-refractivity contribution < 1.29 is 23.9 Å². The molecule has 0 spiro atoms. The third-order valence-corrected chi connectivity index (χ3v) is 7.74. The molecular weight excluding hydrogens is 572 g/mol. The van der Waals surface area contributed by atoms with Crippen molar-refractivity contribution in [3.8, 4) is 11.5 Å². The summed E-state index contributed by atoms with van der Waals surface area (Å²) in [5.74, 6) is 0.0403. The Labute approximate surface area is 242 Å². The number of carbonyl (C=O) groups is 3. The average molecular weight is 591 g/mol. The maximum absolute atomic E-state index is 13.2. The predicted octanol–water partition coefficient (Wildman–Crippen LogP) is 5.21. The van der Waals surface area contributed by atoms with E-state index in [1.54, 1.807) is 48.5 Å². The Balaban J connectivity index is 1.21. The number of ether oxygens (including phenoxy) is 2. The van der Waals surface area contributed by atoms with Gasteiger partial charge in [-0.3, -0.25) is 19.8 Å². The van der Waals surface area contributed by atoms with E-state index in [-0.39, 0.29) is 23.6 Å². The van der Waals surface area contributed by atoms with E-state index in [9.17, 15) is 14.4 Å². The number of fused-ring (bicyclic) bond motifs is 2. The van der Waals surface area contributed by atoms with Crippen LogP contribution in [-0.4, -0.2) is 38.4 Å². The number of aromatic nitrogens is 1. The van der Waals surface area contributed by atoms with Crippen LogP contribution in [0.5, 0.6) is 11.5 Å². The molecule has 3 amide bonds. The smallest absolute Gasteiger partial charge is 0.285 e. The molecule has 0 bridgehead atoms. The second kappa shape index (κ2) is 10.7. The highest BCUT2D eigenvalue weighted by Crippen LogP contribution is 2.35. The van der Waals surface area contributed by atoms with E-state index >= 15 is 0 Å². The fraction of sp³-hybridized carbons (Fsp3) is 0.0714. The van der Waals surface area contributed by atoms with E-state index in [1.807, 2.05) is 35.0 Å². The van der Waals surface area contributed by atoms with Gasteiger partial charge in [-0.05, 0) is 60.8 Å². The first-order valence-corrected chi connectivity index (χ1v) is 13.6. The number of benzene rings is 3. The molecule has 3 aromatic carbocycles. The highest BCUT2D eigenvalue weighted by atomic mass is 35.5. The van der Waals surface area contributed by atoms with Crippen LogP contribution in [0.1, 0.15) is 15.9 Å². The summed E-state index contributed by atoms with van der Waals surface area (Å²) in [6, 6.07) is 19.1. The first kappa shape index (κ1) is 25.9. The molecule has 2 N–H and O–H groups in total. The van der Waals surface area contributed by atoms with Gasteiger partial charge in [0.25, 0.3) is 11.8 Å². The van der Waals surface area contributed by atoms with Gasteiger partial charge in [0.05, 0.1) is 4.91 Å². The standard InChI is InChI=1S/C28H19ClN4O5S2/c29-18-7-5-16(6-8-18)26(35)31-33-27(36)24(40-28(33)39)11-17-13-32(21-4-2-1-3-20(17)21)14-25(34)30-19-9-10-22-23(12-19)38-15-37-22/h1-13H,14-15H2,(H,30,34)(H,31,35)/b24-11-. The summed E-state index contributed by atoms with van der Waals surface area (Å²) in [6.07, 6.45) is 3.52. The van der Waals surface area contributed by atoms with Gasteiger partial charge < -0.3 is 19.4 Å². The average Bonchev–Trinajstić information content (AvgIpc) is 3.62. The first-order chi connectivity index (χ1) is 19.4. The van der Waals surface area contributed by atoms with Crippen LogP contribution in [0, 0.1) is 0 Å². The lowest BCUT2D eigenvalue weighted by Crippen LogP contribution is -2.44. The van der Waals surface area contributed by atoms with Crippen LogP contribution in [-0.2, 0) is 16.1 Å². The minimum atomic E-state index is -0.487. The highest BCUT2D eigenvalue weighted by molar-refractivity contribution is 8.26. The van der Waals surface area contributed by atoms with Crippen LogP contribution in [0.3, 0.4) is 0 Å². The van der Waals surface area contributed by atoms with Gasteiger partial charge in [-0.2, -0.15) is 5.01 Å². The largest absolute Gasteiger partial charge is 0.454 e. The maximum atomic E-state index is 13.2. The zero-order valence-corrected chi connectivity index (χ0v) is 22.9. The topological polar surface area (TPSA) is 102 Å². The van der Waals surface area contributed by atoms with Crippen molar-refractivity contribution in [3.63, 3.8) is 0 Å². The molecule has 1 fully saturated rings. The lowest BCUT2D eigenvalue weighted by atomic mass is 10.1. The van der Waals surface area contributed by atoms with Gasteiger partial charge in [-0.1, -0.05) is 41.6 Å². The lowest BCUT2D eigenvalue weighted by molar-refractivity contribution is -0.123. The number of hydrogen-bond acceptors (Lipinski definition) is 7. The SMILES string of the molecule is O=C(Cn1cc(/C=C2\SC(=S)N(NC(=O)c3ccc(Cl)cc3)C2=O)c2ccccc21)Nc1ccc2c(c1)OCO2. The summed E-state index contributed by atoms with van der Waals surface area (Å²) in [6.45, 7) is 0.194. The van der Waals surface area contributed by atoms with Crippen LogP contribution in [0.25, 0.3) is 17.0 Å². The van der Waals surface area contributed by atoms with Gasteiger partial charge in [-0.25, -0.2) is 0 Å². The quantitative estimate of drug-likeness (QED) is 0.235. The Morgan fingerprint density at radius 1 is 1.05 bits per heavy atom.